The average Bonchev–Trinajstić information content (AvgIpc) is 2.53. The van der Waals surface area contributed by atoms with Gasteiger partial charge in [-0.15, -0.1) is 0 Å². The fourth-order valence-corrected chi connectivity index (χ4v) is 3.30. The van der Waals surface area contributed by atoms with Crippen LogP contribution in [-0.2, 0) is 9.59 Å². The number of piperazine rings is 1. The smallest absolute Gasteiger partial charge is 0.236 e. The van der Waals surface area contributed by atoms with Crippen LogP contribution in [0.25, 0.3) is 0 Å². The van der Waals surface area contributed by atoms with Gasteiger partial charge in [-0.3, -0.25) is 9.59 Å². The maximum Gasteiger partial charge on any atom is 0.236 e. The molecule has 1 aliphatic carbocycles. The van der Waals surface area contributed by atoms with E-state index in [1.54, 1.807) is 4.90 Å². The van der Waals surface area contributed by atoms with Crippen LogP contribution in [0.3, 0.4) is 0 Å². The molecule has 114 valence electrons. The normalized spacial score (nSPS) is 21.1. The van der Waals surface area contributed by atoms with Gasteiger partial charge in [0.05, 0.1) is 6.54 Å². The van der Waals surface area contributed by atoms with Gasteiger partial charge in [0, 0.05) is 32.6 Å². The van der Waals surface area contributed by atoms with Crippen LogP contribution in [0.4, 0.5) is 0 Å². The second-order valence-electron chi connectivity index (χ2n) is 6.01. The Morgan fingerprint density at radius 2 is 1.45 bits per heavy atom. The summed E-state index contributed by atoms with van der Waals surface area (Å²) in [7, 11) is 0. The lowest BCUT2D eigenvalue weighted by Gasteiger charge is -2.35. The Labute approximate surface area is 121 Å². The highest BCUT2D eigenvalue weighted by Gasteiger charge is 2.24. The van der Waals surface area contributed by atoms with Gasteiger partial charge in [0.15, 0.2) is 0 Å². The highest BCUT2D eigenvalue weighted by molar-refractivity contribution is 5.79. The lowest BCUT2D eigenvalue weighted by Crippen LogP contribution is -2.51. The van der Waals surface area contributed by atoms with E-state index in [1.807, 2.05) is 4.90 Å². The van der Waals surface area contributed by atoms with Crippen LogP contribution in [0.1, 0.15) is 44.9 Å². The predicted molar refractivity (Wildman–Crippen MR) is 78.0 cm³/mol. The van der Waals surface area contributed by atoms with Crippen LogP contribution >= 0.6 is 0 Å². The topological polar surface area (TPSA) is 66.6 Å². The van der Waals surface area contributed by atoms with Crippen molar-refractivity contribution in [2.75, 3.05) is 32.7 Å². The molecule has 0 spiro atoms. The van der Waals surface area contributed by atoms with Crippen LogP contribution in [0.2, 0.25) is 0 Å². The van der Waals surface area contributed by atoms with Crippen molar-refractivity contribution in [2.45, 2.75) is 44.9 Å². The first kappa shape index (κ1) is 15.3. The highest BCUT2D eigenvalue weighted by atomic mass is 16.2. The number of nitrogens with two attached hydrogens (primary N) is 1. The third-order valence-electron chi connectivity index (χ3n) is 4.65. The summed E-state index contributed by atoms with van der Waals surface area (Å²) < 4.78 is 0. The van der Waals surface area contributed by atoms with Gasteiger partial charge in [-0.2, -0.15) is 0 Å². The van der Waals surface area contributed by atoms with Crippen LogP contribution in [0.15, 0.2) is 0 Å². The zero-order valence-corrected chi connectivity index (χ0v) is 12.4. The summed E-state index contributed by atoms with van der Waals surface area (Å²) >= 11 is 0. The molecule has 0 aromatic heterocycles. The van der Waals surface area contributed by atoms with E-state index >= 15 is 0 Å². The third kappa shape index (κ3) is 4.20. The first-order chi connectivity index (χ1) is 9.70. The van der Waals surface area contributed by atoms with E-state index < -0.39 is 0 Å². The predicted octanol–water partition coefficient (Wildman–Crippen LogP) is 0.976. The molecule has 2 fully saturated rings. The Bertz CT molecular complexity index is 332. The van der Waals surface area contributed by atoms with Gasteiger partial charge < -0.3 is 15.5 Å². The average molecular weight is 281 g/mol. The summed E-state index contributed by atoms with van der Waals surface area (Å²) in [6, 6.07) is 0. The molecule has 20 heavy (non-hydrogen) atoms. The van der Waals surface area contributed by atoms with Gasteiger partial charge in [-0.25, -0.2) is 0 Å². The quantitative estimate of drug-likeness (QED) is 0.835. The van der Waals surface area contributed by atoms with Crippen molar-refractivity contribution in [3.8, 4) is 0 Å². The zero-order chi connectivity index (χ0) is 14.4. The number of carbonyl (C=O) groups excluding carboxylic acids is 2. The molecule has 1 saturated heterocycles. The fraction of sp³-hybridized carbons (Fsp3) is 0.867. The van der Waals surface area contributed by atoms with E-state index in [0.29, 0.717) is 32.6 Å². The molecule has 1 heterocycles. The Kier molecular flexibility index (Phi) is 5.83. The lowest BCUT2D eigenvalue weighted by molar-refractivity contribution is -0.139. The number of hydrogen-bond acceptors (Lipinski definition) is 3. The van der Waals surface area contributed by atoms with E-state index in [1.165, 1.54) is 32.1 Å². The SMILES string of the molecule is NCC(=O)N1CCN(C(=O)CCC2CCCCC2)CC1. The third-order valence-corrected chi connectivity index (χ3v) is 4.65. The van der Waals surface area contributed by atoms with Gasteiger partial charge in [-0.05, 0) is 12.3 Å². The molecule has 2 rings (SSSR count). The largest absolute Gasteiger partial charge is 0.339 e. The molecule has 2 amide bonds. The fourth-order valence-electron chi connectivity index (χ4n) is 3.30. The minimum atomic E-state index is -0.0145. The molecule has 0 bridgehead atoms. The molecular weight excluding hydrogens is 254 g/mol. The van der Waals surface area contributed by atoms with Gasteiger partial charge in [0.1, 0.15) is 0 Å². The molecule has 5 heteroatoms. The van der Waals surface area contributed by atoms with Crippen molar-refractivity contribution in [3.05, 3.63) is 0 Å². The molecule has 0 aromatic carbocycles. The van der Waals surface area contributed by atoms with Crippen molar-refractivity contribution in [1.29, 1.82) is 0 Å². The van der Waals surface area contributed by atoms with Gasteiger partial charge in [0.25, 0.3) is 0 Å². The summed E-state index contributed by atoms with van der Waals surface area (Å²) in [5, 5.41) is 0. The molecule has 5 nitrogen and oxygen atoms in total. The number of rotatable bonds is 4. The van der Waals surface area contributed by atoms with Crippen LogP contribution < -0.4 is 5.73 Å². The number of amides is 2. The number of carbonyl (C=O) groups is 2. The molecule has 1 saturated carbocycles. The minimum Gasteiger partial charge on any atom is -0.339 e. The highest BCUT2D eigenvalue weighted by Crippen LogP contribution is 2.27. The Hall–Kier alpha value is -1.10. The van der Waals surface area contributed by atoms with Crippen molar-refractivity contribution in [2.24, 2.45) is 11.7 Å². The molecule has 0 unspecified atom stereocenters. The molecule has 2 aliphatic rings. The Morgan fingerprint density at radius 3 is 2.00 bits per heavy atom. The van der Waals surface area contributed by atoms with Gasteiger partial charge >= 0.3 is 0 Å². The van der Waals surface area contributed by atoms with Gasteiger partial charge in [-0.1, -0.05) is 32.1 Å². The van der Waals surface area contributed by atoms with Crippen LogP contribution in [-0.4, -0.2) is 54.3 Å². The molecule has 1 aliphatic heterocycles. The first-order valence-corrected chi connectivity index (χ1v) is 7.96. The van der Waals surface area contributed by atoms with Crippen molar-refractivity contribution >= 4 is 11.8 Å². The summed E-state index contributed by atoms with van der Waals surface area (Å²) in [5.41, 5.74) is 5.36. The van der Waals surface area contributed by atoms with Gasteiger partial charge in [0.2, 0.25) is 11.8 Å². The monoisotopic (exact) mass is 281 g/mol. The molecule has 0 aromatic rings. The zero-order valence-electron chi connectivity index (χ0n) is 12.4. The van der Waals surface area contributed by atoms with E-state index in [9.17, 15) is 9.59 Å². The van der Waals surface area contributed by atoms with Crippen molar-refractivity contribution in [1.82, 2.24) is 9.80 Å². The number of nitrogens with zero attached hydrogens (tertiary/aromatic N) is 2. The summed E-state index contributed by atoms with van der Waals surface area (Å²) in [6.07, 6.45) is 8.34. The molecular formula is C15H27N3O2. The van der Waals surface area contributed by atoms with E-state index in [-0.39, 0.29) is 18.4 Å². The summed E-state index contributed by atoms with van der Waals surface area (Å²) in [5.74, 6) is 1.00. The standard InChI is InChI=1S/C15H27N3O2/c16-12-15(20)18-10-8-17(9-11-18)14(19)7-6-13-4-2-1-3-5-13/h13H,1-12,16H2. The second kappa shape index (κ2) is 7.62. The van der Waals surface area contributed by atoms with E-state index in [0.717, 1.165) is 12.3 Å². The van der Waals surface area contributed by atoms with E-state index in [4.69, 9.17) is 5.73 Å². The minimum absolute atomic E-state index is 0.0145. The molecule has 2 N–H and O–H groups in total. The first-order valence-electron chi connectivity index (χ1n) is 7.96. The van der Waals surface area contributed by atoms with E-state index in [2.05, 4.69) is 0 Å². The molecule has 0 radical (unpaired) electrons. The Morgan fingerprint density at radius 1 is 0.900 bits per heavy atom. The number of hydrogen-bond donors (Lipinski definition) is 1. The molecule has 0 atom stereocenters. The second-order valence-corrected chi connectivity index (χ2v) is 6.01. The van der Waals surface area contributed by atoms with Crippen molar-refractivity contribution < 1.29 is 9.59 Å². The lowest BCUT2D eigenvalue weighted by atomic mass is 9.86. The maximum absolute atomic E-state index is 12.2. The Balaban J connectivity index is 1.67. The van der Waals surface area contributed by atoms with Crippen LogP contribution in [0, 0.1) is 5.92 Å². The van der Waals surface area contributed by atoms with Crippen molar-refractivity contribution in [3.63, 3.8) is 0 Å². The van der Waals surface area contributed by atoms with Crippen LogP contribution in [0.5, 0.6) is 0 Å². The summed E-state index contributed by atoms with van der Waals surface area (Å²) in [6.45, 7) is 2.65. The summed E-state index contributed by atoms with van der Waals surface area (Å²) in [4.78, 5) is 27.3. The maximum atomic E-state index is 12.2.